The van der Waals surface area contributed by atoms with E-state index in [-0.39, 0.29) is 12.5 Å². The highest BCUT2D eigenvalue weighted by Gasteiger charge is 2.31. The minimum Gasteiger partial charge on any atom is -0.481 e. The Morgan fingerprint density at radius 1 is 1.47 bits per heavy atom. The van der Waals surface area contributed by atoms with Crippen LogP contribution in [0.3, 0.4) is 0 Å². The van der Waals surface area contributed by atoms with Crippen molar-refractivity contribution in [1.82, 2.24) is 5.32 Å². The van der Waals surface area contributed by atoms with Crippen molar-refractivity contribution in [2.45, 2.75) is 20.3 Å². The molecule has 0 saturated heterocycles. The average molecular weight is 349 g/mol. The summed E-state index contributed by atoms with van der Waals surface area (Å²) < 4.78 is 0.776. The smallest absolute Gasteiger partial charge is 0.311 e. The molecule has 0 radical (unpaired) electrons. The van der Waals surface area contributed by atoms with Gasteiger partial charge in [0.25, 0.3) is 5.91 Å². The van der Waals surface area contributed by atoms with Crippen LogP contribution in [0.15, 0.2) is 22.7 Å². The molecule has 104 valence electrons. The largest absolute Gasteiger partial charge is 0.481 e. The molecule has 1 aromatic carbocycles. The predicted octanol–water partition coefficient (Wildman–Crippen LogP) is 3.33. The van der Waals surface area contributed by atoms with Crippen LogP contribution in [0.4, 0.5) is 0 Å². The van der Waals surface area contributed by atoms with Gasteiger partial charge in [0.1, 0.15) is 0 Å². The maximum absolute atomic E-state index is 12.0. The number of hydrogen-bond donors (Lipinski definition) is 2. The summed E-state index contributed by atoms with van der Waals surface area (Å²) in [5.41, 5.74) is -0.647. The topological polar surface area (TPSA) is 66.4 Å². The van der Waals surface area contributed by atoms with Gasteiger partial charge in [-0.25, -0.2) is 0 Å². The number of carbonyl (C=O) groups is 2. The molecule has 0 heterocycles. The molecular formula is C13H15BrClNO3. The lowest BCUT2D eigenvalue weighted by Gasteiger charge is -2.23. The highest BCUT2D eigenvalue weighted by Crippen LogP contribution is 2.23. The fourth-order valence-corrected chi connectivity index (χ4v) is 2.16. The van der Waals surface area contributed by atoms with Crippen LogP contribution in [0.1, 0.15) is 30.6 Å². The number of rotatable bonds is 5. The lowest BCUT2D eigenvalue weighted by Crippen LogP contribution is -2.40. The first-order chi connectivity index (χ1) is 8.80. The van der Waals surface area contributed by atoms with E-state index in [0.717, 1.165) is 4.47 Å². The molecule has 0 aliphatic rings. The van der Waals surface area contributed by atoms with Crippen molar-refractivity contribution in [3.8, 4) is 0 Å². The molecule has 1 rings (SSSR count). The van der Waals surface area contributed by atoms with Crippen LogP contribution in [0.5, 0.6) is 0 Å². The highest BCUT2D eigenvalue weighted by molar-refractivity contribution is 9.10. The number of benzene rings is 1. The van der Waals surface area contributed by atoms with E-state index in [1.807, 2.05) is 0 Å². The van der Waals surface area contributed by atoms with Crippen molar-refractivity contribution in [1.29, 1.82) is 0 Å². The van der Waals surface area contributed by atoms with Gasteiger partial charge >= 0.3 is 5.97 Å². The van der Waals surface area contributed by atoms with Crippen LogP contribution in [-0.2, 0) is 4.79 Å². The molecule has 0 spiro atoms. The molecule has 6 heteroatoms. The van der Waals surface area contributed by atoms with Crippen LogP contribution in [0.2, 0.25) is 5.02 Å². The summed E-state index contributed by atoms with van der Waals surface area (Å²) in [6.45, 7) is 3.43. The molecule has 0 bridgehead atoms. The highest BCUT2D eigenvalue weighted by atomic mass is 79.9. The second kappa shape index (κ2) is 6.39. The summed E-state index contributed by atoms with van der Waals surface area (Å²) in [5.74, 6) is -1.31. The van der Waals surface area contributed by atoms with Gasteiger partial charge in [0.15, 0.2) is 0 Å². The van der Waals surface area contributed by atoms with Crippen LogP contribution >= 0.6 is 27.5 Å². The van der Waals surface area contributed by atoms with E-state index in [1.165, 1.54) is 0 Å². The first kappa shape index (κ1) is 16.0. The minimum absolute atomic E-state index is 0.0596. The molecule has 2 N–H and O–H groups in total. The summed E-state index contributed by atoms with van der Waals surface area (Å²) in [5, 5.41) is 12.1. The van der Waals surface area contributed by atoms with E-state index in [4.69, 9.17) is 16.7 Å². The number of nitrogens with one attached hydrogen (secondary N) is 1. The fraction of sp³-hybridized carbons (Fsp3) is 0.385. The number of hydrogen-bond acceptors (Lipinski definition) is 2. The molecule has 19 heavy (non-hydrogen) atoms. The number of amides is 1. The van der Waals surface area contributed by atoms with Crippen molar-refractivity contribution < 1.29 is 14.7 Å². The van der Waals surface area contributed by atoms with Crippen molar-refractivity contribution >= 4 is 39.4 Å². The SMILES string of the molecule is CCC(C)(CNC(=O)c1ccc(Br)cc1Cl)C(=O)O. The molecule has 1 aromatic rings. The monoisotopic (exact) mass is 347 g/mol. The third kappa shape index (κ3) is 3.94. The van der Waals surface area contributed by atoms with Crippen LogP contribution in [-0.4, -0.2) is 23.5 Å². The first-order valence-electron chi connectivity index (χ1n) is 5.77. The van der Waals surface area contributed by atoms with Gasteiger partial charge in [0.05, 0.1) is 16.0 Å². The van der Waals surface area contributed by atoms with Crippen molar-refractivity contribution in [3.63, 3.8) is 0 Å². The summed E-state index contributed by atoms with van der Waals surface area (Å²) in [7, 11) is 0. The van der Waals surface area contributed by atoms with Crippen LogP contribution in [0, 0.1) is 5.41 Å². The van der Waals surface area contributed by atoms with Crippen molar-refractivity contribution in [3.05, 3.63) is 33.3 Å². The molecule has 0 aliphatic carbocycles. The van der Waals surface area contributed by atoms with E-state index in [1.54, 1.807) is 32.0 Å². The number of aliphatic carboxylic acids is 1. The molecule has 0 aliphatic heterocycles. The van der Waals surface area contributed by atoms with Crippen molar-refractivity contribution in [2.24, 2.45) is 5.41 Å². The summed E-state index contributed by atoms with van der Waals surface area (Å²) in [6.07, 6.45) is 0.427. The van der Waals surface area contributed by atoms with Gasteiger partial charge in [-0.1, -0.05) is 34.5 Å². The summed E-state index contributed by atoms with van der Waals surface area (Å²) in [6, 6.07) is 4.91. The molecule has 1 atom stereocenters. The minimum atomic E-state index is -0.975. The third-order valence-electron chi connectivity index (χ3n) is 3.11. The molecule has 0 fully saturated rings. The Morgan fingerprint density at radius 3 is 2.58 bits per heavy atom. The molecule has 0 saturated carbocycles. The predicted molar refractivity (Wildman–Crippen MR) is 77.5 cm³/mol. The Hall–Kier alpha value is -1.07. The number of carbonyl (C=O) groups excluding carboxylic acids is 1. The molecule has 4 nitrogen and oxygen atoms in total. The average Bonchev–Trinajstić information content (AvgIpc) is 2.35. The van der Waals surface area contributed by atoms with E-state index in [0.29, 0.717) is 17.0 Å². The fourth-order valence-electron chi connectivity index (χ4n) is 1.40. The van der Waals surface area contributed by atoms with Crippen LogP contribution < -0.4 is 5.32 Å². The zero-order valence-electron chi connectivity index (χ0n) is 10.7. The van der Waals surface area contributed by atoms with Gasteiger partial charge in [-0.3, -0.25) is 9.59 Å². The Kier molecular flexibility index (Phi) is 5.38. The van der Waals surface area contributed by atoms with E-state index < -0.39 is 11.4 Å². The van der Waals surface area contributed by atoms with Gasteiger partial charge in [-0.05, 0) is 31.5 Å². The van der Waals surface area contributed by atoms with Gasteiger partial charge in [0.2, 0.25) is 0 Å². The van der Waals surface area contributed by atoms with E-state index in [9.17, 15) is 9.59 Å². The normalized spacial score (nSPS) is 13.7. The zero-order chi connectivity index (χ0) is 14.6. The lowest BCUT2D eigenvalue weighted by atomic mass is 9.87. The number of carboxylic acid groups (broad SMARTS) is 1. The number of carboxylic acids is 1. The Balaban J connectivity index is 2.78. The summed E-state index contributed by atoms with van der Waals surface area (Å²) in [4.78, 5) is 23.1. The van der Waals surface area contributed by atoms with Gasteiger partial charge in [-0.2, -0.15) is 0 Å². The zero-order valence-corrected chi connectivity index (χ0v) is 13.0. The van der Waals surface area contributed by atoms with Crippen LogP contribution in [0.25, 0.3) is 0 Å². The standard InChI is InChI=1S/C13H15BrClNO3/c1-3-13(2,12(18)19)7-16-11(17)9-5-4-8(14)6-10(9)15/h4-6H,3,7H2,1-2H3,(H,16,17)(H,18,19). The maximum atomic E-state index is 12.0. The van der Waals surface area contributed by atoms with Gasteiger partial charge in [-0.15, -0.1) is 0 Å². The van der Waals surface area contributed by atoms with Gasteiger partial charge in [0, 0.05) is 11.0 Å². The lowest BCUT2D eigenvalue weighted by molar-refractivity contribution is -0.147. The molecule has 1 unspecified atom stereocenters. The molecule has 1 amide bonds. The van der Waals surface area contributed by atoms with E-state index in [2.05, 4.69) is 21.2 Å². The number of halogens is 2. The molecular weight excluding hydrogens is 334 g/mol. The van der Waals surface area contributed by atoms with Crippen molar-refractivity contribution in [2.75, 3.05) is 6.54 Å². The second-order valence-electron chi connectivity index (χ2n) is 4.53. The maximum Gasteiger partial charge on any atom is 0.311 e. The Labute approximate surface area is 125 Å². The first-order valence-corrected chi connectivity index (χ1v) is 6.94. The van der Waals surface area contributed by atoms with Gasteiger partial charge < -0.3 is 10.4 Å². The summed E-state index contributed by atoms with van der Waals surface area (Å²) >= 11 is 9.22. The molecule has 0 aromatic heterocycles. The quantitative estimate of drug-likeness (QED) is 0.857. The second-order valence-corrected chi connectivity index (χ2v) is 5.85. The Bertz CT molecular complexity index is 507. The third-order valence-corrected chi connectivity index (χ3v) is 3.92. The van der Waals surface area contributed by atoms with E-state index >= 15 is 0 Å². The Morgan fingerprint density at radius 2 is 2.11 bits per heavy atom.